The van der Waals surface area contributed by atoms with Crippen LogP contribution in [0.4, 0.5) is 5.69 Å². The van der Waals surface area contributed by atoms with Crippen molar-refractivity contribution in [2.24, 2.45) is 0 Å². The van der Waals surface area contributed by atoms with E-state index in [2.05, 4.69) is 41.1 Å². The van der Waals surface area contributed by atoms with E-state index in [4.69, 9.17) is 0 Å². The summed E-state index contributed by atoms with van der Waals surface area (Å²) in [5.41, 5.74) is 1.14. The second-order valence-electron chi connectivity index (χ2n) is 4.89. The van der Waals surface area contributed by atoms with Crippen molar-refractivity contribution < 1.29 is 0 Å². The third-order valence-corrected chi connectivity index (χ3v) is 3.23. The molecule has 2 rings (SSSR count). The van der Waals surface area contributed by atoms with Gasteiger partial charge in [-0.15, -0.1) is 0 Å². The molecule has 1 aliphatic heterocycles. The second-order valence-corrected chi connectivity index (χ2v) is 4.89. The van der Waals surface area contributed by atoms with Gasteiger partial charge in [0.1, 0.15) is 0 Å². The Morgan fingerprint density at radius 1 is 1.17 bits per heavy atom. The standard InChI is InChI=1S/C16H22N2/c1-15(17-16-10-4-2-5-11-16)9-8-14-18-12-6-3-7-13-18/h2,4-5,10-11,15,17H,3,6-7,12-14H2,1H3. The lowest BCUT2D eigenvalue weighted by Gasteiger charge is -2.23. The van der Waals surface area contributed by atoms with E-state index in [1.807, 2.05) is 18.2 Å². The van der Waals surface area contributed by atoms with Gasteiger partial charge < -0.3 is 5.32 Å². The van der Waals surface area contributed by atoms with Crippen molar-refractivity contribution in [2.75, 3.05) is 25.0 Å². The van der Waals surface area contributed by atoms with Gasteiger partial charge in [-0.3, -0.25) is 4.90 Å². The minimum atomic E-state index is 0.206. The summed E-state index contributed by atoms with van der Waals surface area (Å²) in [4.78, 5) is 2.45. The van der Waals surface area contributed by atoms with Gasteiger partial charge in [0.25, 0.3) is 0 Å². The topological polar surface area (TPSA) is 15.3 Å². The highest BCUT2D eigenvalue weighted by Crippen LogP contribution is 2.08. The van der Waals surface area contributed by atoms with E-state index in [1.54, 1.807) is 0 Å². The minimum absolute atomic E-state index is 0.206. The van der Waals surface area contributed by atoms with Crippen LogP contribution in [0, 0.1) is 11.8 Å². The number of likely N-dealkylation sites (tertiary alicyclic amines) is 1. The van der Waals surface area contributed by atoms with Gasteiger partial charge in [0.05, 0.1) is 12.6 Å². The number of para-hydroxylation sites is 1. The predicted molar refractivity (Wildman–Crippen MR) is 77.6 cm³/mol. The van der Waals surface area contributed by atoms with Crippen LogP contribution < -0.4 is 5.32 Å². The van der Waals surface area contributed by atoms with Gasteiger partial charge in [-0.2, -0.15) is 0 Å². The van der Waals surface area contributed by atoms with Gasteiger partial charge in [-0.05, 0) is 45.0 Å². The van der Waals surface area contributed by atoms with Crippen LogP contribution in [0.2, 0.25) is 0 Å². The van der Waals surface area contributed by atoms with Crippen LogP contribution in [0.15, 0.2) is 30.3 Å². The summed E-state index contributed by atoms with van der Waals surface area (Å²) in [6, 6.07) is 10.5. The Kier molecular flexibility index (Phi) is 5.11. The van der Waals surface area contributed by atoms with Gasteiger partial charge in [0.15, 0.2) is 0 Å². The molecule has 1 aromatic carbocycles. The highest BCUT2D eigenvalue weighted by atomic mass is 15.1. The molecule has 0 spiro atoms. The number of hydrogen-bond donors (Lipinski definition) is 1. The van der Waals surface area contributed by atoms with Crippen molar-refractivity contribution in [3.05, 3.63) is 30.3 Å². The van der Waals surface area contributed by atoms with Gasteiger partial charge >= 0.3 is 0 Å². The average Bonchev–Trinajstić information content (AvgIpc) is 2.41. The molecular formula is C16H22N2. The Morgan fingerprint density at radius 3 is 2.61 bits per heavy atom. The maximum absolute atomic E-state index is 3.39. The molecule has 2 nitrogen and oxygen atoms in total. The fraction of sp³-hybridized carbons (Fsp3) is 0.500. The summed E-state index contributed by atoms with van der Waals surface area (Å²) in [5.74, 6) is 6.56. The lowest BCUT2D eigenvalue weighted by molar-refractivity contribution is 0.255. The molecule has 2 heteroatoms. The number of hydrogen-bond acceptors (Lipinski definition) is 2. The molecule has 0 aromatic heterocycles. The molecule has 1 aromatic rings. The van der Waals surface area contributed by atoms with Crippen LogP contribution in [0.5, 0.6) is 0 Å². The third kappa shape index (κ3) is 4.43. The Morgan fingerprint density at radius 2 is 1.89 bits per heavy atom. The van der Waals surface area contributed by atoms with Crippen molar-refractivity contribution >= 4 is 5.69 Å². The molecule has 1 atom stereocenters. The van der Waals surface area contributed by atoms with E-state index in [0.29, 0.717) is 0 Å². The van der Waals surface area contributed by atoms with E-state index >= 15 is 0 Å². The lowest BCUT2D eigenvalue weighted by atomic mass is 10.1. The van der Waals surface area contributed by atoms with Crippen molar-refractivity contribution in [1.29, 1.82) is 0 Å². The summed E-state index contributed by atoms with van der Waals surface area (Å²) in [7, 11) is 0. The lowest BCUT2D eigenvalue weighted by Crippen LogP contribution is -2.30. The molecule has 0 aliphatic carbocycles. The molecule has 1 aliphatic rings. The molecule has 0 saturated carbocycles. The Balaban J connectivity index is 1.75. The summed E-state index contributed by atoms with van der Waals surface area (Å²) >= 11 is 0. The number of nitrogens with zero attached hydrogens (tertiary/aromatic N) is 1. The van der Waals surface area contributed by atoms with E-state index in [0.717, 1.165) is 12.2 Å². The Hall–Kier alpha value is -1.46. The van der Waals surface area contributed by atoms with Crippen molar-refractivity contribution in [1.82, 2.24) is 4.90 Å². The first kappa shape index (κ1) is 13.0. The maximum Gasteiger partial charge on any atom is 0.0849 e. The summed E-state index contributed by atoms with van der Waals surface area (Å²) in [5, 5.41) is 3.39. The molecule has 1 fully saturated rings. The molecule has 1 saturated heterocycles. The molecule has 0 bridgehead atoms. The van der Waals surface area contributed by atoms with Gasteiger partial charge in [0, 0.05) is 5.69 Å². The zero-order valence-electron chi connectivity index (χ0n) is 11.2. The molecule has 1 unspecified atom stereocenters. The number of rotatable bonds is 3. The van der Waals surface area contributed by atoms with E-state index < -0.39 is 0 Å². The van der Waals surface area contributed by atoms with Crippen molar-refractivity contribution in [2.45, 2.75) is 32.2 Å². The zero-order chi connectivity index (χ0) is 12.6. The summed E-state index contributed by atoms with van der Waals surface area (Å²) < 4.78 is 0. The van der Waals surface area contributed by atoms with Crippen molar-refractivity contribution in [3.8, 4) is 11.8 Å². The third-order valence-electron chi connectivity index (χ3n) is 3.23. The average molecular weight is 242 g/mol. The first-order chi connectivity index (χ1) is 8.84. The summed E-state index contributed by atoms with van der Waals surface area (Å²) in [6.07, 6.45) is 4.05. The van der Waals surface area contributed by atoms with Crippen LogP contribution >= 0.6 is 0 Å². The largest absolute Gasteiger partial charge is 0.372 e. The molecule has 0 amide bonds. The molecule has 1 N–H and O–H groups in total. The number of nitrogens with one attached hydrogen (secondary N) is 1. The minimum Gasteiger partial charge on any atom is -0.372 e. The summed E-state index contributed by atoms with van der Waals surface area (Å²) in [6.45, 7) is 5.46. The number of piperidine rings is 1. The van der Waals surface area contributed by atoms with Crippen LogP contribution in [-0.4, -0.2) is 30.6 Å². The second kappa shape index (κ2) is 7.08. The molecule has 0 radical (unpaired) electrons. The maximum atomic E-state index is 3.39. The molecule has 96 valence electrons. The Bertz CT molecular complexity index is 396. The Labute approximate surface area is 110 Å². The SMILES string of the molecule is CC(C#CCN1CCCCC1)Nc1ccccc1. The van der Waals surface area contributed by atoms with Gasteiger partial charge in [-0.25, -0.2) is 0 Å². The molecule has 1 heterocycles. The van der Waals surface area contributed by atoms with Crippen LogP contribution in [0.3, 0.4) is 0 Å². The van der Waals surface area contributed by atoms with Crippen LogP contribution in [-0.2, 0) is 0 Å². The molecule has 18 heavy (non-hydrogen) atoms. The van der Waals surface area contributed by atoms with Crippen molar-refractivity contribution in [3.63, 3.8) is 0 Å². The predicted octanol–water partition coefficient (Wildman–Crippen LogP) is 2.98. The fourth-order valence-electron chi connectivity index (χ4n) is 2.25. The van der Waals surface area contributed by atoms with Gasteiger partial charge in [0.2, 0.25) is 0 Å². The van der Waals surface area contributed by atoms with E-state index in [1.165, 1.54) is 32.4 Å². The highest BCUT2D eigenvalue weighted by Gasteiger charge is 2.07. The number of anilines is 1. The normalized spacial score (nSPS) is 17.6. The quantitative estimate of drug-likeness (QED) is 0.820. The highest BCUT2D eigenvalue weighted by molar-refractivity contribution is 5.44. The fourth-order valence-corrected chi connectivity index (χ4v) is 2.25. The first-order valence-corrected chi connectivity index (χ1v) is 6.87. The number of benzene rings is 1. The van der Waals surface area contributed by atoms with Crippen LogP contribution in [0.25, 0.3) is 0 Å². The van der Waals surface area contributed by atoms with E-state index in [9.17, 15) is 0 Å². The first-order valence-electron chi connectivity index (χ1n) is 6.87. The van der Waals surface area contributed by atoms with E-state index in [-0.39, 0.29) is 6.04 Å². The molecular weight excluding hydrogens is 220 g/mol. The smallest absolute Gasteiger partial charge is 0.0849 e. The zero-order valence-corrected chi connectivity index (χ0v) is 11.2. The monoisotopic (exact) mass is 242 g/mol. The van der Waals surface area contributed by atoms with Gasteiger partial charge in [-0.1, -0.05) is 36.5 Å². The van der Waals surface area contributed by atoms with Crippen LogP contribution in [0.1, 0.15) is 26.2 Å².